The molecule has 2 atom stereocenters. The molecule has 0 saturated heterocycles. The van der Waals surface area contributed by atoms with Crippen LogP contribution >= 0.6 is 11.8 Å². The Hall–Kier alpha value is -0.480. The first-order chi connectivity index (χ1) is 6.66. The van der Waals surface area contributed by atoms with Gasteiger partial charge < -0.3 is 5.11 Å². The highest BCUT2D eigenvalue weighted by molar-refractivity contribution is 7.99. The van der Waals surface area contributed by atoms with Crippen LogP contribution in [0.4, 0.5) is 0 Å². The lowest BCUT2D eigenvalue weighted by molar-refractivity contribution is 0.188. The summed E-state index contributed by atoms with van der Waals surface area (Å²) in [4.78, 5) is 0. The number of aromatic nitrogens is 2. The number of hydrogen-bond acceptors (Lipinski definition) is 3. The minimum absolute atomic E-state index is 0.129. The molecular formula is C10H16N2OS. The van der Waals surface area contributed by atoms with Gasteiger partial charge in [-0.25, -0.2) is 0 Å². The lowest BCUT2D eigenvalue weighted by Crippen LogP contribution is -2.15. The molecule has 2 rings (SSSR count). The van der Waals surface area contributed by atoms with Gasteiger partial charge in [-0.1, -0.05) is 0 Å². The lowest BCUT2D eigenvalue weighted by Gasteiger charge is -2.13. The molecule has 0 amide bonds. The predicted octanol–water partition coefficient (Wildman–Crippen LogP) is 1.73. The first-order valence-corrected chi connectivity index (χ1v) is 5.90. The highest BCUT2D eigenvalue weighted by Gasteiger charge is 2.26. The van der Waals surface area contributed by atoms with E-state index in [9.17, 15) is 5.11 Å². The van der Waals surface area contributed by atoms with Crippen molar-refractivity contribution in [2.24, 2.45) is 7.05 Å². The van der Waals surface area contributed by atoms with Crippen molar-refractivity contribution in [2.75, 3.05) is 0 Å². The molecule has 0 aromatic carbocycles. The maximum Gasteiger partial charge on any atom is 0.0942 e. The molecule has 1 aliphatic rings. The topological polar surface area (TPSA) is 38.0 Å². The second kappa shape index (κ2) is 3.95. The summed E-state index contributed by atoms with van der Waals surface area (Å²) in [5, 5.41) is 15.5. The largest absolute Gasteiger partial charge is 0.392 e. The van der Waals surface area contributed by atoms with Crippen LogP contribution in [0.3, 0.4) is 0 Å². The van der Waals surface area contributed by atoms with Crippen molar-refractivity contribution in [3.63, 3.8) is 0 Å². The van der Waals surface area contributed by atoms with Crippen molar-refractivity contribution < 1.29 is 5.11 Å². The quantitative estimate of drug-likeness (QED) is 0.811. The molecule has 3 nitrogen and oxygen atoms in total. The predicted molar refractivity (Wildman–Crippen MR) is 57.4 cm³/mol. The lowest BCUT2D eigenvalue weighted by atomic mass is 10.3. The van der Waals surface area contributed by atoms with Crippen LogP contribution in [0.1, 0.15) is 25.0 Å². The summed E-state index contributed by atoms with van der Waals surface area (Å²) in [6, 6.07) is 2.08. The van der Waals surface area contributed by atoms with Crippen LogP contribution in [-0.2, 0) is 7.05 Å². The maximum absolute atomic E-state index is 9.70. The minimum Gasteiger partial charge on any atom is -0.392 e. The van der Waals surface area contributed by atoms with Gasteiger partial charge in [0.2, 0.25) is 0 Å². The van der Waals surface area contributed by atoms with Crippen LogP contribution in [0.15, 0.2) is 11.1 Å². The van der Waals surface area contributed by atoms with Crippen molar-refractivity contribution in [3.05, 3.63) is 11.8 Å². The van der Waals surface area contributed by atoms with Gasteiger partial charge in [-0.15, -0.1) is 11.8 Å². The minimum atomic E-state index is -0.129. The molecule has 1 aliphatic carbocycles. The molecule has 0 bridgehead atoms. The smallest absolute Gasteiger partial charge is 0.0942 e. The molecule has 78 valence electrons. The molecule has 1 saturated carbocycles. The number of hydrogen-bond donors (Lipinski definition) is 1. The molecular weight excluding hydrogens is 196 g/mol. The van der Waals surface area contributed by atoms with Crippen molar-refractivity contribution in [1.29, 1.82) is 0 Å². The Morgan fingerprint density at radius 2 is 2.36 bits per heavy atom. The van der Waals surface area contributed by atoms with Crippen LogP contribution in [0.5, 0.6) is 0 Å². The Morgan fingerprint density at radius 1 is 1.57 bits per heavy atom. The maximum atomic E-state index is 9.70. The van der Waals surface area contributed by atoms with Gasteiger partial charge in [-0.2, -0.15) is 5.10 Å². The molecule has 0 radical (unpaired) electrons. The zero-order valence-corrected chi connectivity index (χ0v) is 9.42. The van der Waals surface area contributed by atoms with Crippen molar-refractivity contribution in [1.82, 2.24) is 9.78 Å². The van der Waals surface area contributed by atoms with E-state index in [1.165, 1.54) is 0 Å². The Kier molecular flexibility index (Phi) is 2.83. The molecule has 0 spiro atoms. The van der Waals surface area contributed by atoms with Gasteiger partial charge in [-0.05, 0) is 32.3 Å². The first-order valence-electron chi connectivity index (χ1n) is 5.02. The van der Waals surface area contributed by atoms with Crippen molar-refractivity contribution >= 4 is 11.8 Å². The van der Waals surface area contributed by atoms with E-state index in [1.807, 2.05) is 18.7 Å². The van der Waals surface area contributed by atoms with E-state index in [1.54, 1.807) is 11.8 Å². The number of aryl methyl sites for hydroxylation is 2. The number of thioether (sulfide) groups is 1. The van der Waals surface area contributed by atoms with Gasteiger partial charge in [0.1, 0.15) is 0 Å². The van der Waals surface area contributed by atoms with Gasteiger partial charge in [-0.3, -0.25) is 4.68 Å². The highest BCUT2D eigenvalue weighted by atomic mass is 32.2. The Bertz CT molecular complexity index is 324. The van der Waals surface area contributed by atoms with Crippen LogP contribution in [-0.4, -0.2) is 26.2 Å². The summed E-state index contributed by atoms with van der Waals surface area (Å²) in [5.74, 6) is 0. The normalized spacial score (nSPS) is 27.1. The Labute approximate surface area is 88.5 Å². The van der Waals surface area contributed by atoms with Crippen molar-refractivity contribution in [3.8, 4) is 0 Å². The van der Waals surface area contributed by atoms with Gasteiger partial charge in [0.15, 0.2) is 0 Å². The van der Waals surface area contributed by atoms with Gasteiger partial charge in [0.25, 0.3) is 0 Å². The summed E-state index contributed by atoms with van der Waals surface area (Å²) in [7, 11) is 1.96. The molecule has 1 fully saturated rings. The standard InChI is InChI=1S/C10H16N2OS/c1-7-6-10(12(2)11-7)14-9-5-3-4-8(9)13/h6,8-9,13H,3-5H2,1-2H3/t8-,9-/m1/s1. The van der Waals surface area contributed by atoms with Gasteiger partial charge in [0.05, 0.1) is 16.8 Å². The number of nitrogens with zero attached hydrogens (tertiary/aromatic N) is 2. The van der Waals surface area contributed by atoms with E-state index in [0.29, 0.717) is 5.25 Å². The summed E-state index contributed by atoms with van der Waals surface area (Å²) in [5.41, 5.74) is 1.04. The molecule has 0 aliphatic heterocycles. The fourth-order valence-electron chi connectivity index (χ4n) is 1.90. The van der Waals surface area contributed by atoms with Gasteiger partial charge in [0, 0.05) is 12.3 Å². The van der Waals surface area contributed by atoms with E-state index < -0.39 is 0 Å². The summed E-state index contributed by atoms with van der Waals surface area (Å²) in [6.45, 7) is 2.00. The van der Waals surface area contributed by atoms with E-state index >= 15 is 0 Å². The molecule has 1 aromatic heterocycles. The molecule has 1 heterocycles. The Morgan fingerprint density at radius 3 is 2.86 bits per heavy atom. The Balaban J connectivity index is 2.06. The molecule has 4 heteroatoms. The first kappa shape index (κ1) is 10.1. The molecule has 1 aromatic rings. The highest BCUT2D eigenvalue weighted by Crippen LogP contribution is 2.34. The monoisotopic (exact) mass is 212 g/mol. The van der Waals surface area contributed by atoms with E-state index in [0.717, 1.165) is 30.0 Å². The fourth-order valence-corrected chi connectivity index (χ4v) is 3.22. The SMILES string of the molecule is Cc1cc(S[C@@H]2CCC[C@H]2O)n(C)n1. The number of aliphatic hydroxyl groups excluding tert-OH is 1. The average Bonchev–Trinajstić information content (AvgIpc) is 2.62. The van der Waals surface area contributed by atoms with Crippen LogP contribution in [0.2, 0.25) is 0 Å². The summed E-state index contributed by atoms with van der Waals surface area (Å²) in [6.07, 6.45) is 3.09. The van der Waals surface area contributed by atoms with Gasteiger partial charge >= 0.3 is 0 Å². The van der Waals surface area contributed by atoms with Crippen LogP contribution in [0, 0.1) is 6.92 Å². The number of aliphatic hydroxyl groups is 1. The molecule has 14 heavy (non-hydrogen) atoms. The van der Waals surface area contributed by atoms with E-state index in [-0.39, 0.29) is 6.10 Å². The molecule has 1 N–H and O–H groups in total. The zero-order chi connectivity index (χ0) is 10.1. The van der Waals surface area contributed by atoms with Crippen molar-refractivity contribution in [2.45, 2.75) is 42.6 Å². The van der Waals surface area contributed by atoms with Crippen LogP contribution in [0.25, 0.3) is 0 Å². The fraction of sp³-hybridized carbons (Fsp3) is 0.700. The second-order valence-corrected chi connectivity index (χ2v) is 5.16. The number of rotatable bonds is 2. The third-order valence-corrected chi connectivity index (χ3v) is 4.13. The second-order valence-electron chi connectivity index (χ2n) is 3.90. The third kappa shape index (κ3) is 1.96. The summed E-state index contributed by atoms with van der Waals surface area (Å²) < 4.78 is 1.89. The zero-order valence-electron chi connectivity index (χ0n) is 8.60. The van der Waals surface area contributed by atoms with E-state index in [2.05, 4.69) is 11.2 Å². The molecule has 0 unspecified atom stereocenters. The summed E-state index contributed by atoms with van der Waals surface area (Å²) >= 11 is 1.76. The van der Waals surface area contributed by atoms with E-state index in [4.69, 9.17) is 0 Å². The van der Waals surface area contributed by atoms with Crippen LogP contribution < -0.4 is 0 Å². The average molecular weight is 212 g/mol. The third-order valence-electron chi connectivity index (χ3n) is 2.65.